The summed E-state index contributed by atoms with van der Waals surface area (Å²) in [6, 6.07) is 6.39. The van der Waals surface area contributed by atoms with E-state index in [1.807, 2.05) is 0 Å². The van der Waals surface area contributed by atoms with Gasteiger partial charge in [-0.25, -0.2) is 4.79 Å². The molecule has 0 unspecified atom stereocenters. The molecule has 0 saturated carbocycles. The van der Waals surface area contributed by atoms with Gasteiger partial charge in [-0.2, -0.15) is 9.97 Å². The van der Waals surface area contributed by atoms with Gasteiger partial charge in [0, 0.05) is 12.7 Å². The molecule has 0 atom stereocenters. The zero-order chi connectivity index (χ0) is 18.7. The Bertz CT molecular complexity index is 838. The van der Waals surface area contributed by atoms with Crippen molar-refractivity contribution in [2.24, 2.45) is 0 Å². The monoisotopic (exact) mass is 358 g/mol. The number of benzene rings is 1. The molecule has 1 aromatic heterocycles. The van der Waals surface area contributed by atoms with Crippen molar-refractivity contribution in [3.05, 3.63) is 41.0 Å². The number of nitrogens with zero attached hydrogens (tertiary/aromatic N) is 3. The number of aromatic nitrogens is 2. The maximum atomic E-state index is 12.4. The lowest BCUT2D eigenvalue weighted by molar-refractivity contribution is -0.117. The number of carboxylic acid groups (broad SMARTS) is 1. The van der Waals surface area contributed by atoms with E-state index in [1.54, 1.807) is 19.2 Å². The summed E-state index contributed by atoms with van der Waals surface area (Å²) in [5.74, 6) is -0.536. The van der Waals surface area contributed by atoms with E-state index < -0.39 is 5.97 Å². The first kappa shape index (κ1) is 17.6. The molecule has 1 aromatic carbocycles. The summed E-state index contributed by atoms with van der Waals surface area (Å²) in [5.41, 5.74) is 7.46. The van der Waals surface area contributed by atoms with Crippen LogP contribution in [0.15, 0.2) is 24.3 Å². The van der Waals surface area contributed by atoms with Crippen molar-refractivity contribution < 1.29 is 24.2 Å². The van der Waals surface area contributed by atoms with Crippen LogP contribution in [0, 0.1) is 0 Å². The van der Waals surface area contributed by atoms with Crippen LogP contribution in [0.3, 0.4) is 0 Å². The van der Waals surface area contributed by atoms with Crippen LogP contribution < -0.4 is 15.4 Å². The Morgan fingerprint density at radius 3 is 2.65 bits per heavy atom. The molecular weight excluding hydrogens is 340 g/mol. The Morgan fingerprint density at radius 2 is 2.00 bits per heavy atom. The Hall–Kier alpha value is -3.20. The van der Waals surface area contributed by atoms with Crippen molar-refractivity contribution in [2.45, 2.75) is 13.0 Å². The van der Waals surface area contributed by atoms with E-state index in [4.69, 9.17) is 20.3 Å². The molecule has 26 heavy (non-hydrogen) atoms. The van der Waals surface area contributed by atoms with Gasteiger partial charge in [0.2, 0.25) is 5.91 Å². The molecule has 3 rings (SSSR count). The molecule has 136 valence electrons. The van der Waals surface area contributed by atoms with Gasteiger partial charge in [-0.1, -0.05) is 12.1 Å². The highest BCUT2D eigenvalue weighted by Gasteiger charge is 2.32. The number of amides is 1. The zero-order valence-corrected chi connectivity index (χ0v) is 14.1. The fourth-order valence-corrected chi connectivity index (χ4v) is 2.61. The minimum atomic E-state index is -1.00. The first-order valence-electron chi connectivity index (χ1n) is 7.90. The van der Waals surface area contributed by atoms with Crippen LogP contribution in [0.4, 0.5) is 11.6 Å². The van der Waals surface area contributed by atoms with Gasteiger partial charge in [-0.05, 0) is 17.7 Å². The molecule has 0 spiro atoms. The second kappa shape index (κ2) is 7.36. The molecule has 9 heteroatoms. The number of fused-ring (bicyclic) bond motifs is 1. The molecule has 1 amide bonds. The Kier molecular flexibility index (Phi) is 4.99. The maximum Gasteiger partial charge on any atom is 0.335 e. The van der Waals surface area contributed by atoms with Crippen molar-refractivity contribution in [3.63, 3.8) is 0 Å². The molecule has 3 N–H and O–H groups in total. The summed E-state index contributed by atoms with van der Waals surface area (Å²) in [6.45, 7) is 0.887. The van der Waals surface area contributed by atoms with Gasteiger partial charge in [0.05, 0.1) is 25.1 Å². The minimum Gasteiger partial charge on any atom is -0.478 e. The number of nitrogens with two attached hydrogens (primary N) is 1. The Morgan fingerprint density at radius 1 is 1.27 bits per heavy atom. The third-order valence-corrected chi connectivity index (χ3v) is 3.94. The highest BCUT2D eigenvalue weighted by molar-refractivity contribution is 6.01. The zero-order valence-electron chi connectivity index (χ0n) is 14.1. The van der Waals surface area contributed by atoms with Crippen LogP contribution in [0.25, 0.3) is 0 Å². The smallest absolute Gasteiger partial charge is 0.335 e. The molecule has 9 nitrogen and oxygen atoms in total. The van der Waals surface area contributed by atoms with Crippen LogP contribution in [-0.4, -0.2) is 47.3 Å². The number of ether oxygens (including phenoxy) is 2. The summed E-state index contributed by atoms with van der Waals surface area (Å²) < 4.78 is 10.3. The van der Waals surface area contributed by atoms with Crippen molar-refractivity contribution in [3.8, 4) is 6.01 Å². The average Bonchev–Trinajstić information content (AvgIpc) is 2.92. The predicted octanol–water partition coefficient (Wildman–Crippen LogP) is 0.871. The summed E-state index contributed by atoms with van der Waals surface area (Å²) >= 11 is 0. The van der Waals surface area contributed by atoms with Gasteiger partial charge < -0.3 is 20.3 Å². The number of anilines is 2. The van der Waals surface area contributed by atoms with Crippen LogP contribution in [0.2, 0.25) is 0 Å². The fraction of sp³-hybridized carbons (Fsp3) is 0.294. The molecule has 0 saturated heterocycles. The minimum absolute atomic E-state index is 0.0826. The standard InChI is InChI=1S/C17H18N4O5/c1-25-6-7-26-17-19-14(18)12-8-13(22)21(15(12)20-17)9-10-2-4-11(5-3-10)16(23)24/h2-5H,6-9H2,1H3,(H,23,24)(H2,18,19,20). The van der Waals surface area contributed by atoms with Gasteiger partial charge >= 0.3 is 12.0 Å². The second-order valence-electron chi connectivity index (χ2n) is 5.69. The average molecular weight is 358 g/mol. The van der Waals surface area contributed by atoms with E-state index in [9.17, 15) is 9.59 Å². The number of nitrogen functional groups attached to an aromatic ring is 1. The number of carbonyl (C=O) groups is 2. The summed E-state index contributed by atoms with van der Waals surface area (Å²) in [6.07, 6.45) is 0.118. The summed E-state index contributed by atoms with van der Waals surface area (Å²) in [7, 11) is 1.55. The molecule has 0 fully saturated rings. The molecule has 0 aliphatic carbocycles. The van der Waals surface area contributed by atoms with E-state index >= 15 is 0 Å². The van der Waals surface area contributed by atoms with Gasteiger partial charge in [0.1, 0.15) is 18.2 Å². The van der Waals surface area contributed by atoms with Crippen LogP contribution in [0.5, 0.6) is 6.01 Å². The van der Waals surface area contributed by atoms with Gasteiger partial charge in [0.15, 0.2) is 0 Å². The lowest BCUT2D eigenvalue weighted by atomic mass is 10.1. The number of hydrogen-bond donors (Lipinski definition) is 2. The van der Waals surface area contributed by atoms with Crippen LogP contribution in [-0.2, 0) is 22.5 Å². The van der Waals surface area contributed by atoms with E-state index in [0.29, 0.717) is 18.0 Å². The van der Waals surface area contributed by atoms with Crippen LogP contribution >= 0.6 is 0 Å². The van der Waals surface area contributed by atoms with Gasteiger partial charge in [-0.3, -0.25) is 9.69 Å². The van der Waals surface area contributed by atoms with E-state index in [0.717, 1.165) is 5.56 Å². The number of carboxylic acids is 1. The first-order valence-corrected chi connectivity index (χ1v) is 7.90. The third-order valence-electron chi connectivity index (χ3n) is 3.94. The number of carbonyl (C=O) groups excluding carboxylic acids is 1. The van der Waals surface area contributed by atoms with Crippen molar-refractivity contribution in [1.29, 1.82) is 0 Å². The normalized spacial score (nSPS) is 13.0. The summed E-state index contributed by atoms with van der Waals surface area (Å²) in [4.78, 5) is 33.2. The van der Waals surface area contributed by atoms with Crippen molar-refractivity contribution in [1.82, 2.24) is 9.97 Å². The third kappa shape index (κ3) is 3.57. The van der Waals surface area contributed by atoms with Crippen LogP contribution in [0.1, 0.15) is 21.5 Å². The predicted molar refractivity (Wildman–Crippen MR) is 92.1 cm³/mol. The largest absolute Gasteiger partial charge is 0.478 e. The van der Waals surface area contributed by atoms with E-state index in [1.165, 1.54) is 17.0 Å². The molecular formula is C17H18N4O5. The molecule has 2 aromatic rings. The number of hydrogen-bond acceptors (Lipinski definition) is 7. The van der Waals surface area contributed by atoms with Crippen molar-refractivity contribution in [2.75, 3.05) is 31.0 Å². The Labute approximate surface area is 149 Å². The molecule has 2 heterocycles. The van der Waals surface area contributed by atoms with E-state index in [-0.39, 0.29) is 42.9 Å². The lowest BCUT2D eigenvalue weighted by Crippen LogP contribution is -2.26. The number of aromatic carboxylic acids is 1. The highest BCUT2D eigenvalue weighted by atomic mass is 16.5. The number of rotatable bonds is 7. The molecule has 0 bridgehead atoms. The summed E-state index contributed by atoms with van der Waals surface area (Å²) in [5, 5.41) is 8.96. The maximum absolute atomic E-state index is 12.4. The van der Waals surface area contributed by atoms with Gasteiger partial charge in [0.25, 0.3) is 0 Å². The highest BCUT2D eigenvalue weighted by Crippen LogP contribution is 2.33. The molecule has 1 aliphatic heterocycles. The second-order valence-corrected chi connectivity index (χ2v) is 5.69. The van der Waals surface area contributed by atoms with E-state index in [2.05, 4.69) is 9.97 Å². The topological polar surface area (TPSA) is 128 Å². The Balaban J connectivity index is 1.83. The lowest BCUT2D eigenvalue weighted by Gasteiger charge is -2.17. The fourth-order valence-electron chi connectivity index (χ4n) is 2.61. The quantitative estimate of drug-likeness (QED) is 0.698. The van der Waals surface area contributed by atoms with Crippen molar-refractivity contribution >= 4 is 23.5 Å². The first-order chi connectivity index (χ1) is 12.5. The molecule has 1 aliphatic rings. The van der Waals surface area contributed by atoms with Gasteiger partial charge in [-0.15, -0.1) is 0 Å². The molecule has 0 radical (unpaired) electrons. The SMILES string of the molecule is COCCOc1nc(N)c2c(n1)N(Cc1ccc(C(=O)O)cc1)C(=O)C2. The number of methoxy groups -OCH3 is 1.